The lowest BCUT2D eigenvalue weighted by molar-refractivity contribution is -0.138. The summed E-state index contributed by atoms with van der Waals surface area (Å²) in [6.07, 6.45) is -4.61. The molecular formula is C22H26F4OS. The number of alkyl halides is 3. The minimum Gasteiger partial charge on any atom is -0.507 e. The van der Waals surface area contributed by atoms with Gasteiger partial charge in [-0.05, 0) is 40.7 Å². The Morgan fingerprint density at radius 1 is 0.821 bits per heavy atom. The second-order valence-electron chi connectivity index (χ2n) is 8.95. The summed E-state index contributed by atoms with van der Waals surface area (Å²) in [4.78, 5) is 0.769. The van der Waals surface area contributed by atoms with Crippen LogP contribution in [0.1, 0.15) is 63.8 Å². The number of benzene rings is 2. The van der Waals surface area contributed by atoms with Crippen LogP contribution in [0.2, 0.25) is 0 Å². The lowest BCUT2D eigenvalue weighted by Gasteiger charge is -2.28. The van der Waals surface area contributed by atoms with Gasteiger partial charge in [-0.1, -0.05) is 47.6 Å². The predicted molar refractivity (Wildman–Crippen MR) is 106 cm³/mol. The average molecular weight is 415 g/mol. The summed E-state index contributed by atoms with van der Waals surface area (Å²) in [5.74, 6) is -0.634. The van der Waals surface area contributed by atoms with Crippen molar-refractivity contribution in [2.24, 2.45) is 0 Å². The van der Waals surface area contributed by atoms with Gasteiger partial charge in [-0.25, -0.2) is 4.39 Å². The maximum atomic E-state index is 13.3. The molecule has 2 rings (SSSR count). The second kappa shape index (κ2) is 7.62. The molecule has 0 bridgehead atoms. The first-order chi connectivity index (χ1) is 12.6. The van der Waals surface area contributed by atoms with Gasteiger partial charge in [-0.15, -0.1) is 11.8 Å². The van der Waals surface area contributed by atoms with Crippen LogP contribution in [-0.2, 0) is 22.8 Å². The Bertz CT molecular complexity index is 823. The topological polar surface area (TPSA) is 20.2 Å². The largest absolute Gasteiger partial charge is 0.507 e. The van der Waals surface area contributed by atoms with E-state index in [0.29, 0.717) is 6.07 Å². The van der Waals surface area contributed by atoms with E-state index in [9.17, 15) is 22.7 Å². The van der Waals surface area contributed by atoms with Crippen molar-refractivity contribution >= 4 is 11.8 Å². The average Bonchev–Trinajstić information content (AvgIpc) is 2.51. The lowest BCUT2D eigenvalue weighted by atomic mass is 9.79. The summed E-state index contributed by atoms with van der Waals surface area (Å²) in [7, 11) is 0. The van der Waals surface area contributed by atoms with Crippen molar-refractivity contribution in [2.75, 3.05) is 0 Å². The molecule has 1 nitrogen and oxygen atoms in total. The Hall–Kier alpha value is -1.69. The van der Waals surface area contributed by atoms with Gasteiger partial charge in [0.05, 0.1) is 5.56 Å². The number of halogens is 4. The molecule has 0 aliphatic rings. The van der Waals surface area contributed by atoms with E-state index < -0.39 is 17.6 Å². The fraction of sp³-hybridized carbons (Fsp3) is 0.455. The Kier molecular flexibility index (Phi) is 6.15. The van der Waals surface area contributed by atoms with Gasteiger partial charge >= 0.3 is 6.18 Å². The molecule has 0 aromatic heterocycles. The number of phenols is 1. The van der Waals surface area contributed by atoms with Crippen molar-refractivity contribution in [3.8, 4) is 5.75 Å². The van der Waals surface area contributed by atoms with Gasteiger partial charge in [-0.2, -0.15) is 13.2 Å². The Morgan fingerprint density at radius 2 is 1.32 bits per heavy atom. The van der Waals surface area contributed by atoms with Gasteiger partial charge in [0.2, 0.25) is 0 Å². The third-order valence-corrected chi connectivity index (χ3v) is 5.50. The zero-order chi connectivity index (χ0) is 21.5. The number of hydrogen-bond acceptors (Lipinski definition) is 2. The van der Waals surface area contributed by atoms with Crippen molar-refractivity contribution in [2.45, 2.75) is 69.2 Å². The molecule has 0 fully saturated rings. The van der Waals surface area contributed by atoms with Crippen LogP contribution in [-0.4, -0.2) is 5.11 Å². The smallest absolute Gasteiger partial charge is 0.416 e. The van der Waals surface area contributed by atoms with Crippen LogP contribution >= 0.6 is 11.8 Å². The van der Waals surface area contributed by atoms with Crippen LogP contribution in [0.15, 0.2) is 35.2 Å². The minimum absolute atomic E-state index is 0.0293. The molecule has 0 amide bonds. The van der Waals surface area contributed by atoms with Crippen molar-refractivity contribution in [3.63, 3.8) is 0 Å². The van der Waals surface area contributed by atoms with Crippen molar-refractivity contribution in [1.29, 1.82) is 0 Å². The maximum absolute atomic E-state index is 13.3. The first-order valence-corrected chi connectivity index (χ1v) is 9.95. The van der Waals surface area contributed by atoms with Crippen LogP contribution in [0.4, 0.5) is 17.6 Å². The summed E-state index contributed by atoms with van der Waals surface area (Å²) in [6.45, 7) is 11.9. The Morgan fingerprint density at radius 3 is 1.75 bits per heavy atom. The second-order valence-corrected chi connectivity index (χ2v) is 10.0. The molecule has 0 atom stereocenters. The summed E-state index contributed by atoms with van der Waals surface area (Å²) in [5, 5.41) is 10.8. The van der Waals surface area contributed by atoms with Crippen LogP contribution in [0.5, 0.6) is 5.75 Å². The van der Waals surface area contributed by atoms with Gasteiger partial charge in [0.1, 0.15) is 11.6 Å². The van der Waals surface area contributed by atoms with Crippen molar-refractivity contribution in [3.05, 3.63) is 58.4 Å². The molecule has 0 radical (unpaired) electrons. The highest BCUT2D eigenvalue weighted by atomic mass is 32.2. The summed E-state index contributed by atoms with van der Waals surface area (Å²) >= 11 is 1.25. The fourth-order valence-corrected chi connectivity index (χ4v) is 3.91. The van der Waals surface area contributed by atoms with E-state index in [1.807, 2.05) is 53.7 Å². The van der Waals surface area contributed by atoms with Crippen molar-refractivity contribution < 1.29 is 22.7 Å². The highest BCUT2D eigenvalue weighted by molar-refractivity contribution is 7.98. The fourth-order valence-electron chi connectivity index (χ4n) is 2.93. The SMILES string of the molecule is CC(C)(C)c1cc(SCc2ccc(F)cc2C(F)(F)F)cc(C(C)(C)C)c1O. The molecule has 0 spiro atoms. The van der Waals surface area contributed by atoms with E-state index in [0.717, 1.165) is 22.1 Å². The zero-order valence-corrected chi connectivity index (χ0v) is 17.8. The van der Waals surface area contributed by atoms with Crippen molar-refractivity contribution in [1.82, 2.24) is 0 Å². The molecule has 2 aromatic rings. The van der Waals surface area contributed by atoms with Gasteiger partial charge < -0.3 is 5.11 Å². The molecule has 0 saturated heterocycles. The first-order valence-electron chi connectivity index (χ1n) is 8.97. The monoisotopic (exact) mass is 414 g/mol. The zero-order valence-electron chi connectivity index (χ0n) is 17.0. The molecule has 1 N–H and O–H groups in total. The highest BCUT2D eigenvalue weighted by Crippen LogP contribution is 2.43. The van der Waals surface area contributed by atoms with E-state index in [1.54, 1.807) is 0 Å². The van der Waals surface area contributed by atoms with Crippen LogP contribution < -0.4 is 0 Å². The molecule has 0 saturated carbocycles. The van der Waals surface area contributed by atoms with Gasteiger partial charge in [0.25, 0.3) is 0 Å². The van der Waals surface area contributed by atoms with E-state index in [-0.39, 0.29) is 27.9 Å². The van der Waals surface area contributed by atoms with E-state index in [4.69, 9.17) is 0 Å². The normalized spacial score (nSPS) is 13.1. The molecule has 6 heteroatoms. The summed E-state index contributed by atoms with van der Waals surface area (Å²) in [6, 6.07) is 6.41. The van der Waals surface area contributed by atoms with Crippen LogP contribution in [0, 0.1) is 5.82 Å². The highest BCUT2D eigenvalue weighted by Gasteiger charge is 2.34. The first kappa shape index (κ1) is 22.6. The summed E-state index contributed by atoms with van der Waals surface area (Å²) in [5.41, 5.74) is -0.0796. The van der Waals surface area contributed by atoms with E-state index in [2.05, 4.69) is 0 Å². The number of hydrogen-bond donors (Lipinski definition) is 1. The van der Waals surface area contributed by atoms with Gasteiger partial charge in [0, 0.05) is 21.8 Å². The van der Waals surface area contributed by atoms with Crippen LogP contribution in [0.3, 0.4) is 0 Å². The molecule has 28 heavy (non-hydrogen) atoms. The number of aromatic hydroxyl groups is 1. The third-order valence-electron chi connectivity index (χ3n) is 4.47. The van der Waals surface area contributed by atoms with Gasteiger partial charge in [-0.3, -0.25) is 0 Å². The minimum atomic E-state index is -4.61. The standard InChI is InChI=1S/C22H26F4OS/c1-20(2,3)17-10-15(11-18(19(17)27)21(4,5)6)28-12-13-7-8-14(23)9-16(13)22(24,25)26/h7-11,27H,12H2,1-6H3. The van der Waals surface area contributed by atoms with Crippen LogP contribution in [0.25, 0.3) is 0 Å². The third kappa shape index (κ3) is 5.22. The number of rotatable bonds is 3. The van der Waals surface area contributed by atoms with E-state index in [1.165, 1.54) is 17.8 Å². The molecular weight excluding hydrogens is 388 g/mol. The Labute approximate surface area is 168 Å². The molecule has 0 heterocycles. The molecule has 154 valence electrons. The molecule has 2 aromatic carbocycles. The molecule has 0 aliphatic carbocycles. The predicted octanol–water partition coefficient (Wildman–Crippen LogP) is 7.44. The quantitative estimate of drug-likeness (QED) is 0.416. The number of phenolic OH excluding ortho intramolecular Hbond substituents is 1. The molecule has 0 unspecified atom stereocenters. The summed E-state index contributed by atoms with van der Waals surface area (Å²) < 4.78 is 53.0. The number of thioether (sulfide) groups is 1. The maximum Gasteiger partial charge on any atom is 0.416 e. The molecule has 0 aliphatic heterocycles. The Balaban J connectivity index is 2.46. The van der Waals surface area contributed by atoms with E-state index >= 15 is 0 Å². The van der Waals surface area contributed by atoms with Gasteiger partial charge in [0.15, 0.2) is 0 Å². The lowest BCUT2D eigenvalue weighted by Crippen LogP contribution is -2.17.